The summed E-state index contributed by atoms with van der Waals surface area (Å²) in [6, 6.07) is 8.78. The van der Waals surface area contributed by atoms with Crippen molar-refractivity contribution in [1.29, 1.82) is 0 Å². The first-order valence-electron chi connectivity index (χ1n) is 7.40. The predicted molar refractivity (Wildman–Crippen MR) is 79.2 cm³/mol. The minimum atomic E-state index is 0.0713. The van der Waals surface area contributed by atoms with E-state index in [0.29, 0.717) is 19.3 Å². The summed E-state index contributed by atoms with van der Waals surface area (Å²) in [5.41, 5.74) is 1.18. The summed E-state index contributed by atoms with van der Waals surface area (Å²) in [4.78, 5) is 0. The van der Waals surface area contributed by atoms with Gasteiger partial charge in [0.25, 0.3) is 0 Å². The van der Waals surface area contributed by atoms with Gasteiger partial charge >= 0.3 is 0 Å². The van der Waals surface area contributed by atoms with Crippen LogP contribution in [-0.4, -0.2) is 39.5 Å². The molecule has 0 radical (unpaired) electrons. The van der Waals surface area contributed by atoms with Crippen LogP contribution in [0.4, 0.5) is 0 Å². The van der Waals surface area contributed by atoms with Crippen LogP contribution in [0.1, 0.15) is 31.4 Å². The molecule has 0 bridgehead atoms. The molecule has 112 valence electrons. The van der Waals surface area contributed by atoms with Gasteiger partial charge < -0.3 is 19.5 Å². The zero-order chi connectivity index (χ0) is 14.2. The smallest absolute Gasteiger partial charge is 0.118 e. The van der Waals surface area contributed by atoms with Crippen molar-refractivity contribution in [2.75, 3.05) is 33.5 Å². The summed E-state index contributed by atoms with van der Waals surface area (Å²) >= 11 is 0. The molecule has 0 heterocycles. The van der Waals surface area contributed by atoms with Gasteiger partial charge in [0.15, 0.2) is 0 Å². The molecule has 0 amide bonds. The van der Waals surface area contributed by atoms with Crippen molar-refractivity contribution in [3.05, 3.63) is 29.8 Å². The van der Waals surface area contributed by atoms with Gasteiger partial charge in [-0.15, -0.1) is 0 Å². The Hall–Kier alpha value is -1.10. The van der Waals surface area contributed by atoms with E-state index in [1.165, 1.54) is 18.4 Å². The summed E-state index contributed by atoms with van der Waals surface area (Å²) < 4.78 is 16.5. The summed E-state index contributed by atoms with van der Waals surface area (Å²) in [6.45, 7) is 4.85. The van der Waals surface area contributed by atoms with Crippen molar-refractivity contribution in [2.24, 2.45) is 0 Å². The SMILES string of the molecule is CCOCCOC(CNC1CC1)c1ccc(OC)cc1. The van der Waals surface area contributed by atoms with Crippen molar-refractivity contribution in [3.63, 3.8) is 0 Å². The maximum Gasteiger partial charge on any atom is 0.118 e. The third kappa shape index (κ3) is 5.12. The molecule has 4 nitrogen and oxygen atoms in total. The second-order valence-electron chi connectivity index (χ2n) is 5.01. The fourth-order valence-corrected chi connectivity index (χ4v) is 2.05. The molecule has 1 saturated carbocycles. The minimum absolute atomic E-state index is 0.0713. The van der Waals surface area contributed by atoms with Crippen LogP contribution in [0.15, 0.2) is 24.3 Å². The molecule has 1 aromatic rings. The Kier molecular flexibility index (Phi) is 6.30. The lowest BCUT2D eigenvalue weighted by molar-refractivity contribution is 0.00671. The second kappa shape index (κ2) is 8.25. The maximum absolute atomic E-state index is 5.95. The number of hydrogen-bond acceptors (Lipinski definition) is 4. The quantitative estimate of drug-likeness (QED) is 0.668. The molecular formula is C16H25NO3. The molecule has 1 N–H and O–H groups in total. The molecule has 0 saturated heterocycles. The standard InChI is InChI=1S/C16H25NO3/c1-3-19-10-11-20-16(12-17-14-6-7-14)13-4-8-15(18-2)9-5-13/h4-5,8-9,14,16-17H,3,6-7,10-12H2,1-2H3. The van der Waals surface area contributed by atoms with E-state index >= 15 is 0 Å². The predicted octanol–water partition coefficient (Wildman–Crippen LogP) is 2.54. The summed E-state index contributed by atoms with van der Waals surface area (Å²) in [5, 5.41) is 3.53. The second-order valence-corrected chi connectivity index (χ2v) is 5.01. The Morgan fingerprint density at radius 3 is 2.55 bits per heavy atom. The normalized spacial score (nSPS) is 16.1. The van der Waals surface area contributed by atoms with Crippen LogP contribution in [0.25, 0.3) is 0 Å². The van der Waals surface area contributed by atoms with E-state index < -0.39 is 0 Å². The Balaban J connectivity index is 1.87. The van der Waals surface area contributed by atoms with Crippen LogP contribution in [-0.2, 0) is 9.47 Å². The van der Waals surface area contributed by atoms with Gasteiger partial charge in [0.2, 0.25) is 0 Å². The first-order valence-corrected chi connectivity index (χ1v) is 7.40. The third-order valence-electron chi connectivity index (χ3n) is 3.41. The number of methoxy groups -OCH3 is 1. The van der Waals surface area contributed by atoms with E-state index in [9.17, 15) is 0 Å². The van der Waals surface area contributed by atoms with Crippen molar-refractivity contribution < 1.29 is 14.2 Å². The number of benzene rings is 1. The van der Waals surface area contributed by atoms with Crippen molar-refractivity contribution in [2.45, 2.75) is 31.9 Å². The summed E-state index contributed by atoms with van der Waals surface area (Å²) in [5.74, 6) is 0.872. The number of nitrogens with one attached hydrogen (secondary N) is 1. The van der Waals surface area contributed by atoms with E-state index in [1.807, 2.05) is 19.1 Å². The van der Waals surface area contributed by atoms with E-state index in [4.69, 9.17) is 14.2 Å². The van der Waals surface area contributed by atoms with Crippen molar-refractivity contribution >= 4 is 0 Å². The lowest BCUT2D eigenvalue weighted by Gasteiger charge is -2.19. The van der Waals surface area contributed by atoms with Crippen LogP contribution in [0, 0.1) is 0 Å². The lowest BCUT2D eigenvalue weighted by atomic mass is 10.1. The average molecular weight is 279 g/mol. The highest BCUT2D eigenvalue weighted by Gasteiger charge is 2.22. The molecule has 1 aliphatic rings. The topological polar surface area (TPSA) is 39.7 Å². The largest absolute Gasteiger partial charge is 0.497 e. The molecule has 1 unspecified atom stereocenters. The Bertz CT molecular complexity index is 376. The molecule has 1 fully saturated rings. The monoisotopic (exact) mass is 279 g/mol. The lowest BCUT2D eigenvalue weighted by Crippen LogP contribution is -2.26. The molecule has 20 heavy (non-hydrogen) atoms. The first kappa shape index (κ1) is 15.3. The highest BCUT2D eigenvalue weighted by molar-refractivity contribution is 5.28. The highest BCUT2D eigenvalue weighted by atomic mass is 16.5. The number of hydrogen-bond donors (Lipinski definition) is 1. The average Bonchev–Trinajstić information content (AvgIpc) is 3.31. The van der Waals surface area contributed by atoms with Gasteiger partial charge in [0.1, 0.15) is 5.75 Å². The van der Waals surface area contributed by atoms with E-state index in [0.717, 1.165) is 18.9 Å². The molecule has 1 aromatic carbocycles. The molecule has 1 atom stereocenters. The van der Waals surface area contributed by atoms with Crippen LogP contribution < -0.4 is 10.1 Å². The van der Waals surface area contributed by atoms with E-state index in [1.54, 1.807) is 7.11 Å². The van der Waals surface area contributed by atoms with Gasteiger partial charge in [-0.25, -0.2) is 0 Å². The zero-order valence-corrected chi connectivity index (χ0v) is 12.4. The molecule has 1 aliphatic carbocycles. The molecule has 0 spiro atoms. The third-order valence-corrected chi connectivity index (χ3v) is 3.41. The number of rotatable bonds is 10. The molecule has 0 aromatic heterocycles. The van der Waals surface area contributed by atoms with Crippen LogP contribution in [0.3, 0.4) is 0 Å². The minimum Gasteiger partial charge on any atom is -0.497 e. The number of ether oxygens (including phenoxy) is 3. The molecular weight excluding hydrogens is 254 g/mol. The molecule has 0 aliphatic heterocycles. The molecule has 2 rings (SSSR count). The Morgan fingerprint density at radius 1 is 1.20 bits per heavy atom. The van der Waals surface area contributed by atoms with Gasteiger partial charge in [0, 0.05) is 19.2 Å². The van der Waals surface area contributed by atoms with Crippen LogP contribution in [0.5, 0.6) is 5.75 Å². The highest BCUT2D eigenvalue weighted by Crippen LogP contribution is 2.23. The first-order chi connectivity index (χ1) is 9.83. The summed E-state index contributed by atoms with van der Waals surface area (Å²) in [7, 11) is 1.68. The Morgan fingerprint density at radius 2 is 1.95 bits per heavy atom. The van der Waals surface area contributed by atoms with Crippen molar-refractivity contribution in [1.82, 2.24) is 5.32 Å². The summed E-state index contributed by atoms with van der Waals surface area (Å²) in [6.07, 6.45) is 2.64. The fourth-order valence-electron chi connectivity index (χ4n) is 2.05. The van der Waals surface area contributed by atoms with Gasteiger partial charge in [-0.05, 0) is 37.5 Å². The van der Waals surface area contributed by atoms with E-state index in [2.05, 4.69) is 17.4 Å². The molecule has 4 heteroatoms. The van der Waals surface area contributed by atoms with Crippen LogP contribution >= 0.6 is 0 Å². The van der Waals surface area contributed by atoms with Gasteiger partial charge in [0.05, 0.1) is 26.4 Å². The zero-order valence-electron chi connectivity index (χ0n) is 12.4. The van der Waals surface area contributed by atoms with Crippen molar-refractivity contribution in [3.8, 4) is 5.75 Å². The van der Waals surface area contributed by atoms with Gasteiger partial charge in [-0.1, -0.05) is 12.1 Å². The van der Waals surface area contributed by atoms with Gasteiger partial charge in [-0.3, -0.25) is 0 Å². The van der Waals surface area contributed by atoms with Crippen LogP contribution in [0.2, 0.25) is 0 Å². The van der Waals surface area contributed by atoms with Gasteiger partial charge in [-0.2, -0.15) is 0 Å². The maximum atomic E-state index is 5.95. The Labute approximate surface area is 121 Å². The fraction of sp³-hybridized carbons (Fsp3) is 0.625. The van der Waals surface area contributed by atoms with E-state index in [-0.39, 0.29) is 6.10 Å².